The number of methoxy groups -OCH3 is 1. The molecule has 7 rings (SSSR count). The molecule has 1 saturated carbocycles. The Hall–Kier alpha value is -4.84. The smallest absolute Gasteiger partial charge is 0.228 e. The third-order valence-corrected chi connectivity index (χ3v) is 8.18. The van der Waals surface area contributed by atoms with Gasteiger partial charge < -0.3 is 24.6 Å². The van der Waals surface area contributed by atoms with Gasteiger partial charge in [0, 0.05) is 49.7 Å². The zero-order valence-electron chi connectivity index (χ0n) is 24.4. The summed E-state index contributed by atoms with van der Waals surface area (Å²) in [6.45, 7) is 5.75. The molecule has 1 amide bonds. The van der Waals surface area contributed by atoms with E-state index >= 15 is 0 Å². The van der Waals surface area contributed by atoms with Gasteiger partial charge in [-0.2, -0.15) is 0 Å². The molecular weight excluding hydrogens is 546 g/mol. The maximum Gasteiger partial charge on any atom is 0.228 e. The average Bonchev–Trinajstić information content (AvgIpc) is 3.63. The van der Waals surface area contributed by atoms with Crippen molar-refractivity contribution in [1.82, 2.24) is 29.8 Å². The molecule has 5 aromatic rings. The minimum Gasteiger partial charge on any atom is -0.497 e. The van der Waals surface area contributed by atoms with E-state index < -0.39 is 0 Å². The number of carbonyl (C=O) groups excluding carboxylic acids is 1. The quantitative estimate of drug-likeness (QED) is 0.290. The molecule has 0 radical (unpaired) electrons. The molecule has 12 nitrogen and oxygen atoms in total. The zero-order valence-corrected chi connectivity index (χ0v) is 24.4. The zero-order chi connectivity index (χ0) is 29.5. The number of hydrogen-bond acceptors (Lipinski definition) is 10. The highest BCUT2D eigenvalue weighted by Crippen LogP contribution is 2.39. The molecule has 1 aliphatic heterocycles. The van der Waals surface area contributed by atoms with Crippen LogP contribution in [0.1, 0.15) is 18.9 Å². The highest BCUT2D eigenvalue weighted by Gasteiger charge is 2.39. The van der Waals surface area contributed by atoms with Crippen molar-refractivity contribution in [2.45, 2.75) is 19.9 Å². The molecule has 0 spiro atoms. The fourth-order valence-corrected chi connectivity index (χ4v) is 5.52. The topological polar surface area (TPSA) is 123 Å². The SMILES string of the molecule is COc1ccc(CN(C)c2ncc(-c3nc4ccc(N5CCOCC5)cn4n3)c3cc(NC(=O)[C@H]4C[C@H]4C)nnc23)cc1. The first-order valence-corrected chi connectivity index (χ1v) is 14.5. The first-order valence-electron chi connectivity index (χ1n) is 14.5. The van der Waals surface area contributed by atoms with E-state index in [4.69, 9.17) is 24.5 Å². The van der Waals surface area contributed by atoms with Crippen molar-refractivity contribution >= 4 is 39.8 Å². The number of ether oxygens (including phenoxy) is 2. The van der Waals surface area contributed by atoms with Crippen LogP contribution in [-0.2, 0) is 16.1 Å². The molecule has 5 heterocycles. The van der Waals surface area contributed by atoms with Crippen molar-refractivity contribution in [3.05, 3.63) is 60.4 Å². The summed E-state index contributed by atoms with van der Waals surface area (Å²) in [5.74, 6) is 2.74. The molecule has 220 valence electrons. The summed E-state index contributed by atoms with van der Waals surface area (Å²) in [4.78, 5) is 26.7. The number of amides is 1. The Morgan fingerprint density at radius 1 is 1.14 bits per heavy atom. The first-order chi connectivity index (χ1) is 21.0. The van der Waals surface area contributed by atoms with Crippen molar-refractivity contribution < 1.29 is 14.3 Å². The number of morpholine rings is 1. The van der Waals surface area contributed by atoms with E-state index in [1.807, 2.05) is 54.5 Å². The number of rotatable bonds is 8. The van der Waals surface area contributed by atoms with Crippen LogP contribution in [0.25, 0.3) is 27.9 Å². The second-order valence-electron chi connectivity index (χ2n) is 11.2. The van der Waals surface area contributed by atoms with Crippen LogP contribution in [0, 0.1) is 11.8 Å². The van der Waals surface area contributed by atoms with Crippen molar-refractivity contribution in [3.63, 3.8) is 0 Å². The Morgan fingerprint density at radius 2 is 1.93 bits per heavy atom. The molecule has 1 N–H and O–H groups in total. The Labute approximate surface area is 248 Å². The number of nitrogens with one attached hydrogen (secondary N) is 1. The second-order valence-corrected chi connectivity index (χ2v) is 11.2. The van der Waals surface area contributed by atoms with Crippen molar-refractivity contribution in [3.8, 4) is 17.1 Å². The van der Waals surface area contributed by atoms with Crippen molar-refractivity contribution in [1.29, 1.82) is 0 Å². The van der Waals surface area contributed by atoms with Crippen molar-refractivity contribution in [2.75, 3.05) is 55.6 Å². The predicted molar refractivity (Wildman–Crippen MR) is 163 cm³/mol. The summed E-state index contributed by atoms with van der Waals surface area (Å²) in [5.41, 5.74) is 4.18. The summed E-state index contributed by atoms with van der Waals surface area (Å²) in [6, 6.07) is 13.8. The third kappa shape index (κ3) is 5.41. The molecule has 43 heavy (non-hydrogen) atoms. The molecule has 1 aromatic carbocycles. The minimum atomic E-state index is -0.0323. The molecule has 4 aromatic heterocycles. The molecule has 0 bridgehead atoms. The lowest BCUT2D eigenvalue weighted by atomic mass is 10.1. The number of anilines is 3. The number of aromatic nitrogens is 6. The van der Waals surface area contributed by atoms with Gasteiger partial charge in [0.1, 0.15) is 11.3 Å². The first kappa shape index (κ1) is 27.0. The van der Waals surface area contributed by atoms with E-state index in [-0.39, 0.29) is 11.8 Å². The Kier molecular flexibility index (Phi) is 6.98. The number of benzene rings is 1. The monoisotopic (exact) mass is 579 g/mol. The van der Waals surface area contributed by atoms with Gasteiger partial charge in [-0.05, 0) is 48.2 Å². The van der Waals surface area contributed by atoms with E-state index in [0.717, 1.165) is 47.5 Å². The van der Waals surface area contributed by atoms with E-state index in [1.54, 1.807) is 17.8 Å². The standard InChI is InChI=1S/C31H33N9O3/c1-19-14-23(19)31(41)33-26-15-24-25(29-34-27-9-6-21(18-40(27)37-29)39-10-12-43-13-11-39)16-32-30(28(24)36-35-26)38(2)17-20-4-7-22(42-3)8-5-20/h4-9,15-16,18-19,23H,10-14,17H2,1-3H3,(H,33,35,41)/t19-,23+/m1/s1. The molecule has 2 fully saturated rings. The normalized spacial score (nSPS) is 18.2. The predicted octanol–water partition coefficient (Wildman–Crippen LogP) is 3.81. The lowest BCUT2D eigenvalue weighted by Crippen LogP contribution is -2.36. The lowest BCUT2D eigenvalue weighted by molar-refractivity contribution is -0.117. The Balaban J connectivity index is 1.27. The lowest BCUT2D eigenvalue weighted by Gasteiger charge is -2.28. The Bertz CT molecular complexity index is 1800. The highest BCUT2D eigenvalue weighted by atomic mass is 16.5. The van der Waals surface area contributed by atoms with Gasteiger partial charge in [0.25, 0.3) is 0 Å². The van der Waals surface area contributed by atoms with Crippen LogP contribution in [0.15, 0.2) is 54.9 Å². The van der Waals surface area contributed by atoms with Gasteiger partial charge >= 0.3 is 0 Å². The average molecular weight is 580 g/mol. The number of hydrogen-bond donors (Lipinski definition) is 1. The molecule has 1 saturated heterocycles. The molecule has 0 unspecified atom stereocenters. The van der Waals surface area contributed by atoms with Crippen LogP contribution in [0.3, 0.4) is 0 Å². The molecular formula is C31H33N9O3. The summed E-state index contributed by atoms with van der Waals surface area (Å²) in [5, 5.41) is 17.5. The van der Waals surface area contributed by atoms with Crippen LogP contribution < -0.4 is 19.9 Å². The maximum absolute atomic E-state index is 12.7. The molecule has 12 heteroatoms. The second kappa shape index (κ2) is 11.1. The van der Waals surface area contributed by atoms with Gasteiger partial charge in [0.2, 0.25) is 5.91 Å². The van der Waals surface area contributed by atoms with Gasteiger partial charge in [-0.15, -0.1) is 15.3 Å². The molecule has 1 aliphatic carbocycles. The largest absolute Gasteiger partial charge is 0.497 e. The van der Waals surface area contributed by atoms with Gasteiger partial charge in [-0.1, -0.05) is 19.1 Å². The maximum atomic E-state index is 12.7. The molecule has 2 aliphatic rings. The summed E-state index contributed by atoms with van der Waals surface area (Å²) in [7, 11) is 3.62. The minimum absolute atomic E-state index is 0.0152. The van der Waals surface area contributed by atoms with Crippen LogP contribution in [0.4, 0.5) is 17.3 Å². The number of carbonyl (C=O) groups is 1. The fourth-order valence-electron chi connectivity index (χ4n) is 5.52. The Morgan fingerprint density at radius 3 is 2.67 bits per heavy atom. The van der Waals surface area contributed by atoms with Crippen LogP contribution >= 0.6 is 0 Å². The van der Waals surface area contributed by atoms with Gasteiger partial charge in [-0.3, -0.25) is 4.79 Å². The van der Waals surface area contributed by atoms with E-state index in [0.29, 0.717) is 54.2 Å². The van der Waals surface area contributed by atoms with Crippen LogP contribution in [-0.4, -0.2) is 76.1 Å². The number of fused-ring (bicyclic) bond motifs is 2. The van der Waals surface area contributed by atoms with Crippen LogP contribution in [0.2, 0.25) is 0 Å². The van der Waals surface area contributed by atoms with E-state index in [9.17, 15) is 4.79 Å². The molecule has 2 atom stereocenters. The van der Waals surface area contributed by atoms with Gasteiger partial charge in [0.15, 0.2) is 23.1 Å². The summed E-state index contributed by atoms with van der Waals surface area (Å²) in [6.07, 6.45) is 4.65. The number of nitrogens with zero attached hydrogens (tertiary/aromatic N) is 8. The van der Waals surface area contributed by atoms with Gasteiger partial charge in [-0.25, -0.2) is 14.5 Å². The van der Waals surface area contributed by atoms with Gasteiger partial charge in [0.05, 0.1) is 32.2 Å². The highest BCUT2D eigenvalue weighted by molar-refractivity contribution is 6.01. The van der Waals surface area contributed by atoms with Crippen molar-refractivity contribution in [2.24, 2.45) is 11.8 Å². The fraction of sp³-hybridized carbons (Fsp3) is 0.355. The number of pyridine rings is 2. The van der Waals surface area contributed by atoms with Crippen LogP contribution in [0.5, 0.6) is 5.75 Å². The van der Waals surface area contributed by atoms with E-state index in [1.165, 1.54) is 0 Å². The summed E-state index contributed by atoms with van der Waals surface area (Å²) >= 11 is 0. The van der Waals surface area contributed by atoms with E-state index in [2.05, 4.69) is 33.4 Å². The third-order valence-electron chi connectivity index (χ3n) is 8.18. The summed E-state index contributed by atoms with van der Waals surface area (Å²) < 4.78 is 12.6.